The Balaban J connectivity index is 1.82. The lowest BCUT2D eigenvalue weighted by Crippen LogP contribution is -2.44. The van der Waals surface area contributed by atoms with Gasteiger partial charge < -0.3 is 15.4 Å². The van der Waals surface area contributed by atoms with Crippen molar-refractivity contribution < 1.29 is 9.53 Å². The van der Waals surface area contributed by atoms with Crippen LogP contribution in [0.4, 0.5) is 0 Å². The summed E-state index contributed by atoms with van der Waals surface area (Å²) < 4.78 is 5.37. The van der Waals surface area contributed by atoms with E-state index in [2.05, 4.69) is 48.7 Å². The molecule has 0 bridgehead atoms. The first-order valence-corrected chi connectivity index (χ1v) is 8.79. The largest absolute Gasteiger partial charge is 0.378 e. The molecular weight excluding hydrogens is 296 g/mol. The summed E-state index contributed by atoms with van der Waals surface area (Å²) in [6.07, 6.45) is 0.464. The maximum atomic E-state index is 12.1. The first kappa shape index (κ1) is 17.3. The predicted molar refractivity (Wildman–Crippen MR) is 91.2 cm³/mol. The second-order valence-corrected chi connectivity index (χ2v) is 7.60. The Morgan fingerprint density at radius 1 is 1.36 bits per heavy atom. The number of rotatable bonds is 6. The lowest BCUT2D eigenvalue weighted by molar-refractivity contribution is -0.122. The summed E-state index contributed by atoms with van der Waals surface area (Å²) in [5, 5.41) is 6.94. The third-order valence-electron chi connectivity index (χ3n) is 3.56. The Kier molecular flexibility index (Phi) is 6.73. The van der Waals surface area contributed by atoms with Crippen LogP contribution < -0.4 is 10.6 Å². The van der Waals surface area contributed by atoms with E-state index in [1.807, 2.05) is 18.7 Å². The molecule has 1 amide bonds. The van der Waals surface area contributed by atoms with Crippen LogP contribution in [0.3, 0.4) is 0 Å². The normalized spacial score (nSPS) is 19.9. The fraction of sp³-hybridized carbons (Fsp3) is 0.588. The van der Waals surface area contributed by atoms with Crippen molar-refractivity contribution in [2.24, 2.45) is 0 Å². The smallest absolute Gasteiger partial charge is 0.222 e. The van der Waals surface area contributed by atoms with Gasteiger partial charge in [0, 0.05) is 29.2 Å². The van der Waals surface area contributed by atoms with Gasteiger partial charge in [-0.25, -0.2) is 0 Å². The molecule has 1 aromatic carbocycles. The van der Waals surface area contributed by atoms with E-state index < -0.39 is 0 Å². The summed E-state index contributed by atoms with van der Waals surface area (Å²) in [5.41, 5.74) is 1.13. The van der Waals surface area contributed by atoms with Gasteiger partial charge in [-0.2, -0.15) is 0 Å². The maximum absolute atomic E-state index is 12.1. The molecule has 2 atom stereocenters. The number of morpholine rings is 1. The fourth-order valence-corrected chi connectivity index (χ4v) is 3.30. The van der Waals surface area contributed by atoms with E-state index in [1.54, 1.807) is 0 Å². The molecule has 1 saturated heterocycles. The molecule has 1 heterocycles. The second-order valence-electron chi connectivity index (χ2n) is 5.95. The summed E-state index contributed by atoms with van der Waals surface area (Å²) in [4.78, 5) is 13.4. The van der Waals surface area contributed by atoms with Crippen LogP contribution in [0, 0.1) is 0 Å². The summed E-state index contributed by atoms with van der Waals surface area (Å²) in [5.74, 6) is 0.0659. The van der Waals surface area contributed by atoms with Crippen molar-refractivity contribution in [3.05, 3.63) is 29.8 Å². The number of thioether (sulfide) groups is 1. The number of nitrogens with one attached hydrogen (secondary N) is 2. The van der Waals surface area contributed by atoms with Crippen LogP contribution in [0.15, 0.2) is 29.2 Å². The molecule has 122 valence electrons. The van der Waals surface area contributed by atoms with Gasteiger partial charge in [0.05, 0.1) is 19.3 Å². The molecule has 0 radical (unpaired) electrons. The Hall–Kier alpha value is -1.04. The minimum absolute atomic E-state index is 0.0232. The Labute approximate surface area is 137 Å². The number of hydrogen-bond donors (Lipinski definition) is 2. The average molecular weight is 322 g/mol. The molecule has 1 aliphatic heterocycles. The van der Waals surface area contributed by atoms with Crippen molar-refractivity contribution in [3.8, 4) is 0 Å². The molecule has 22 heavy (non-hydrogen) atoms. The van der Waals surface area contributed by atoms with Gasteiger partial charge in [-0.1, -0.05) is 26.0 Å². The highest BCUT2D eigenvalue weighted by Gasteiger charge is 2.18. The Morgan fingerprint density at radius 2 is 2.09 bits per heavy atom. The van der Waals surface area contributed by atoms with Crippen LogP contribution in [0.5, 0.6) is 0 Å². The molecule has 5 heteroatoms. The zero-order chi connectivity index (χ0) is 15.9. The number of ether oxygens (including phenoxy) is 1. The molecule has 1 aliphatic rings. The predicted octanol–water partition coefficient (Wildman–Crippen LogP) is 2.74. The van der Waals surface area contributed by atoms with Crippen LogP contribution in [-0.2, 0) is 9.53 Å². The molecule has 2 N–H and O–H groups in total. The van der Waals surface area contributed by atoms with Crippen LogP contribution in [-0.4, -0.2) is 37.0 Å². The number of benzene rings is 1. The van der Waals surface area contributed by atoms with Gasteiger partial charge in [-0.05, 0) is 24.6 Å². The van der Waals surface area contributed by atoms with E-state index in [0.717, 1.165) is 18.7 Å². The van der Waals surface area contributed by atoms with Crippen LogP contribution in [0.25, 0.3) is 0 Å². The standard InChI is InChI=1S/C17H26N2O2S/c1-12(2)22-16-6-4-14(5-7-16)13(3)19-17(20)10-15-11-21-9-8-18-15/h4-7,12-13,15,18H,8-11H2,1-3H3,(H,19,20). The summed E-state index contributed by atoms with van der Waals surface area (Å²) in [6.45, 7) is 8.56. The number of hydrogen-bond acceptors (Lipinski definition) is 4. The third-order valence-corrected chi connectivity index (χ3v) is 4.58. The quantitative estimate of drug-likeness (QED) is 0.791. The highest BCUT2D eigenvalue weighted by Crippen LogP contribution is 2.24. The number of amides is 1. The first-order chi connectivity index (χ1) is 10.5. The zero-order valence-electron chi connectivity index (χ0n) is 13.6. The maximum Gasteiger partial charge on any atom is 0.222 e. The SMILES string of the molecule is CC(C)Sc1ccc(C(C)NC(=O)CC2COCCN2)cc1. The number of carbonyl (C=O) groups excluding carboxylic acids is 1. The van der Waals surface area contributed by atoms with Crippen molar-refractivity contribution >= 4 is 17.7 Å². The molecule has 0 aliphatic carbocycles. The van der Waals surface area contributed by atoms with E-state index in [4.69, 9.17) is 4.74 Å². The van der Waals surface area contributed by atoms with Crippen molar-refractivity contribution in [2.45, 2.75) is 49.4 Å². The molecule has 2 rings (SSSR count). The summed E-state index contributed by atoms with van der Waals surface area (Å²) in [6, 6.07) is 8.59. The third kappa shape index (κ3) is 5.63. The fourth-order valence-electron chi connectivity index (χ4n) is 2.47. The lowest BCUT2D eigenvalue weighted by Gasteiger charge is -2.24. The molecule has 2 unspecified atom stereocenters. The van der Waals surface area contributed by atoms with E-state index in [0.29, 0.717) is 18.3 Å². The molecular formula is C17H26N2O2S. The zero-order valence-corrected chi connectivity index (χ0v) is 14.4. The summed E-state index contributed by atoms with van der Waals surface area (Å²) in [7, 11) is 0. The van der Waals surface area contributed by atoms with Crippen molar-refractivity contribution in [2.75, 3.05) is 19.8 Å². The number of carbonyl (C=O) groups is 1. The molecule has 0 spiro atoms. The van der Waals surface area contributed by atoms with E-state index in [9.17, 15) is 4.79 Å². The molecule has 1 fully saturated rings. The van der Waals surface area contributed by atoms with Gasteiger partial charge in [0.15, 0.2) is 0 Å². The molecule has 0 aromatic heterocycles. The van der Waals surface area contributed by atoms with Crippen molar-refractivity contribution in [1.29, 1.82) is 0 Å². The van der Waals surface area contributed by atoms with Gasteiger partial charge in [-0.3, -0.25) is 4.79 Å². The van der Waals surface area contributed by atoms with Crippen molar-refractivity contribution in [3.63, 3.8) is 0 Å². The highest BCUT2D eigenvalue weighted by molar-refractivity contribution is 7.99. The second kappa shape index (κ2) is 8.56. The first-order valence-electron chi connectivity index (χ1n) is 7.91. The summed E-state index contributed by atoms with van der Waals surface area (Å²) >= 11 is 1.85. The molecule has 0 saturated carbocycles. The minimum Gasteiger partial charge on any atom is -0.378 e. The van der Waals surface area contributed by atoms with Crippen LogP contribution >= 0.6 is 11.8 Å². The molecule has 4 nitrogen and oxygen atoms in total. The monoisotopic (exact) mass is 322 g/mol. The lowest BCUT2D eigenvalue weighted by atomic mass is 10.1. The van der Waals surface area contributed by atoms with Gasteiger partial charge in [0.25, 0.3) is 0 Å². The average Bonchev–Trinajstić information content (AvgIpc) is 2.48. The van der Waals surface area contributed by atoms with Gasteiger partial charge in [0.1, 0.15) is 0 Å². The van der Waals surface area contributed by atoms with Gasteiger partial charge in [-0.15, -0.1) is 11.8 Å². The van der Waals surface area contributed by atoms with Crippen LogP contribution in [0.2, 0.25) is 0 Å². The highest BCUT2D eigenvalue weighted by atomic mass is 32.2. The van der Waals surface area contributed by atoms with E-state index in [1.165, 1.54) is 4.90 Å². The molecule has 1 aromatic rings. The topological polar surface area (TPSA) is 50.4 Å². The Morgan fingerprint density at radius 3 is 2.68 bits per heavy atom. The van der Waals surface area contributed by atoms with Crippen molar-refractivity contribution in [1.82, 2.24) is 10.6 Å². The Bertz CT molecular complexity index is 470. The van der Waals surface area contributed by atoms with E-state index in [-0.39, 0.29) is 18.0 Å². The van der Waals surface area contributed by atoms with Gasteiger partial charge in [0.2, 0.25) is 5.91 Å². The minimum atomic E-state index is 0.0232. The van der Waals surface area contributed by atoms with Gasteiger partial charge >= 0.3 is 0 Å². The van der Waals surface area contributed by atoms with Crippen LogP contribution in [0.1, 0.15) is 38.8 Å². The van der Waals surface area contributed by atoms with E-state index >= 15 is 0 Å².